The molecule has 3 nitrogen and oxygen atoms in total. The number of aromatic nitrogens is 3. The summed E-state index contributed by atoms with van der Waals surface area (Å²) >= 11 is 0. The molecule has 17 heavy (non-hydrogen) atoms. The molecule has 0 amide bonds. The molecule has 0 aliphatic heterocycles. The number of nitrogens with zero attached hydrogens (tertiary/aromatic N) is 2. The van der Waals surface area contributed by atoms with E-state index in [9.17, 15) is 4.39 Å². The summed E-state index contributed by atoms with van der Waals surface area (Å²) in [5.41, 5.74) is 1.61. The molecule has 2 aromatic heterocycles. The standard InChI is InChI=1S/C13H18FN3/c1-4-6-13(3,5-2)11-10-7-9(14)8-15-12(10)17-16-11/h7-8H,4-6H2,1-3H3,(H,15,16,17). The van der Waals surface area contributed by atoms with Crippen LogP contribution in [0.15, 0.2) is 12.3 Å². The number of nitrogens with one attached hydrogen (secondary N) is 1. The molecule has 2 rings (SSSR count). The van der Waals surface area contributed by atoms with Crippen LogP contribution in [0, 0.1) is 5.82 Å². The molecule has 0 aliphatic rings. The fourth-order valence-corrected chi connectivity index (χ4v) is 2.36. The normalized spacial score (nSPS) is 15.1. The van der Waals surface area contributed by atoms with Crippen LogP contribution in [0.5, 0.6) is 0 Å². The zero-order chi connectivity index (χ0) is 12.5. The van der Waals surface area contributed by atoms with Crippen LogP contribution in [-0.2, 0) is 5.41 Å². The highest BCUT2D eigenvalue weighted by Crippen LogP contribution is 2.35. The second-order valence-electron chi connectivity index (χ2n) is 4.79. The lowest BCUT2D eigenvalue weighted by molar-refractivity contribution is 0.404. The van der Waals surface area contributed by atoms with Crippen LogP contribution in [-0.4, -0.2) is 15.2 Å². The van der Waals surface area contributed by atoms with Crippen molar-refractivity contribution in [2.24, 2.45) is 0 Å². The molecule has 2 aromatic rings. The predicted molar refractivity (Wildman–Crippen MR) is 66.4 cm³/mol. The highest BCUT2D eigenvalue weighted by atomic mass is 19.1. The van der Waals surface area contributed by atoms with Crippen molar-refractivity contribution in [1.82, 2.24) is 15.2 Å². The Labute approximate surface area is 100 Å². The minimum Gasteiger partial charge on any atom is -0.279 e. The van der Waals surface area contributed by atoms with E-state index in [1.807, 2.05) is 0 Å². The SMILES string of the molecule is CCCC(C)(CC)c1[nH]nc2ncc(F)cc12. The van der Waals surface area contributed by atoms with Crippen LogP contribution in [0.3, 0.4) is 0 Å². The molecule has 0 bridgehead atoms. The number of pyridine rings is 1. The molecule has 4 heteroatoms. The van der Waals surface area contributed by atoms with Gasteiger partial charge in [-0.25, -0.2) is 9.37 Å². The first-order valence-electron chi connectivity index (χ1n) is 6.11. The Balaban J connectivity index is 2.57. The molecule has 0 radical (unpaired) electrons. The lowest BCUT2D eigenvalue weighted by Crippen LogP contribution is -2.21. The van der Waals surface area contributed by atoms with E-state index in [-0.39, 0.29) is 11.2 Å². The fourth-order valence-electron chi connectivity index (χ4n) is 2.36. The molecule has 92 valence electrons. The first-order chi connectivity index (χ1) is 8.10. The van der Waals surface area contributed by atoms with Gasteiger partial charge in [-0.2, -0.15) is 5.10 Å². The molecule has 1 unspecified atom stereocenters. The highest BCUT2D eigenvalue weighted by molar-refractivity contribution is 5.78. The van der Waals surface area contributed by atoms with Gasteiger partial charge in [0.25, 0.3) is 0 Å². The second-order valence-corrected chi connectivity index (χ2v) is 4.79. The van der Waals surface area contributed by atoms with Gasteiger partial charge in [0.1, 0.15) is 5.82 Å². The van der Waals surface area contributed by atoms with E-state index in [2.05, 4.69) is 36.0 Å². The summed E-state index contributed by atoms with van der Waals surface area (Å²) in [6, 6.07) is 1.52. The Bertz CT molecular complexity index is 520. The average Bonchev–Trinajstić information content (AvgIpc) is 2.72. The number of aromatic amines is 1. The highest BCUT2D eigenvalue weighted by Gasteiger charge is 2.28. The zero-order valence-electron chi connectivity index (χ0n) is 10.5. The zero-order valence-corrected chi connectivity index (χ0v) is 10.5. The Morgan fingerprint density at radius 1 is 1.41 bits per heavy atom. The van der Waals surface area contributed by atoms with E-state index < -0.39 is 0 Å². The van der Waals surface area contributed by atoms with E-state index >= 15 is 0 Å². The van der Waals surface area contributed by atoms with Crippen molar-refractivity contribution in [3.63, 3.8) is 0 Å². The van der Waals surface area contributed by atoms with Gasteiger partial charge in [-0.1, -0.05) is 27.2 Å². The summed E-state index contributed by atoms with van der Waals surface area (Å²) in [5.74, 6) is -0.310. The number of hydrogen-bond acceptors (Lipinski definition) is 2. The minimum atomic E-state index is -0.310. The maximum atomic E-state index is 13.3. The molecular weight excluding hydrogens is 217 g/mol. The van der Waals surface area contributed by atoms with Gasteiger partial charge in [0.2, 0.25) is 0 Å². The molecule has 1 atom stereocenters. The molecule has 0 aromatic carbocycles. The van der Waals surface area contributed by atoms with Gasteiger partial charge in [-0.15, -0.1) is 0 Å². The van der Waals surface area contributed by atoms with Gasteiger partial charge in [0.05, 0.1) is 11.9 Å². The summed E-state index contributed by atoms with van der Waals surface area (Å²) in [4.78, 5) is 3.99. The monoisotopic (exact) mass is 235 g/mol. The molecule has 0 saturated heterocycles. The van der Waals surface area contributed by atoms with Crippen molar-refractivity contribution >= 4 is 11.0 Å². The smallest absolute Gasteiger partial charge is 0.181 e. The van der Waals surface area contributed by atoms with Crippen molar-refractivity contribution in [2.45, 2.75) is 45.4 Å². The topological polar surface area (TPSA) is 41.6 Å². The van der Waals surface area contributed by atoms with Crippen molar-refractivity contribution in [3.8, 4) is 0 Å². The minimum absolute atomic E-state index is 0.0129. The molecule has 0 saturated carbocycles. The fraction of sp³-hybridized carbons (Fsp3) is 0.538. The Morgan fingerprint density at radius 2 is 2.18 bits per heavy atom. The number of rotatable bonds is 4. The van der Waals surface area contributed by atoms with Gasteiger partial charge < -0.3 is 0 Å². The van der Waals surface area contributed by atoms with E-state index in [4.69, 9.17) is 0 Å². The molecule has 0 aliphatic carbocycles. The maximum Gasteiger partial charge on any atom is 0.181 e. The first kappa shape index (κ1) is 12.0. The third-order valence-corrected chi connectivity index (χ3v) is 3.56. The molecule has 0 fully saturated rings. The quantitative estimate of drug-likeness (QED) is 0.880. The van der Waals surface area contributed by atoms with Gasteiger partial charge in [0, 0.05) is 10.8 Å². The maximum absolute atomic E-state index is 13.3. The van der Waals surface area contributed by atoms with Crippen molar-refractivity contribution in [1.29, 1.82) is 0 Å². The first-order valence-corrected chi connectivity index (χ1v) is 6.11. The van der Waals surface area contributed by atoms with E-state index in [1.165, 1.54) is 12.3 Å². The van der Waals surface area contributed by atoms with Crippen LogP contribution in [0.1, 0.15) is 45.7 Å². The summed E-state index contributed by atoms with van der Waals surface area (Å²) in [7, 11) is 0. The molecule has 1 N–H and O–H groups in total. The Morgan fingerprint density at radius 3 is 2.82 bits per heavy atom. The van der Waals surface area contributed by atoms with Crippen LogP contribution >= 0.6 is 0 Å². The van der Waals surface area contributed by atoms with Crippen LogP contribution in [0.4, 0.5) is 4.39 Å². The number of halogens is 1. The van der Waals surface area contributed by atoms with Crippen LogP contribution in [0.2, 0.25) is 0 Å². The van der Waals surface area contributed by atoms with Gasteiger partial charge in [-0.05, 0) is 18.9 Å². The summed E-state index contributed by atoms with van der Waals surface area (Å²) in [6.45, 7) is 6.49. The van der Waals surface area contributed by atoms with Crippen LogP contribution in [0.25, 0.3) is 11.0 Å². The predicted octanol–water partition coefficient (Wildman–Crippen LogP) is 3.56. The second kappa shape index (κ2) is 4.43. The average molecular weight is 235 g/mol. The molecule has 0 spiro atoms. The molecular formula is C13H18FN3. The summed E-state index contributed by atoms with van der Waals surface area (Å²) in [5, 5.41) is 8.00. The van der Waals surface area contributed by atoms with Crippen molar-refractivity contribution < 1.29 is 4.39 Å². The van der Waals surface area contributed by atoms with E-state index in [0.29, 0.717) is 5.65 Å². The van der Waals surface area contributed by atoms with Crippen molar-refractivity contribution in [3.05, 3.63) is 23.8 Å². The van der Waals surface area contributed by atoms with Gasteiger partial charge in [0.15, 0.2) is 5.65 Å². The number of H-pyrrole nitrogens is 1. The van der Waals surface area contributed by atoms with E-state index in [1.54, 1.807) is 0 Å². The van der Waals surface area contributed by atoms with E-state index in [0.717, 1.165) is 30.3 Å². The molecule has 2 heterocycles. The Kier molecular flexibility index (Phi) is 3.13. The number of fused-ring (bicyclic) bond motifs is 1. The third-order valence-electron chi connectivity index (χ3n) is 3.56. The summed E-state index contributed by atoms with van der Waals surface area (Å²) < 4.78 is 13.3. The lowest BCUT2D eigenvalue weighted by atomic mass is 9.79. The summed E-state index contributed by atoms with van der Waals surface area (Å²) in [6.07, 6.45) is 4.34. The van der Waals surface area contributed by atoms with Gasteiger partial charge >= 0.3 is 0 Å². The Hall–Kier alpha value is -1.45. The van der Waals surface area contributed by atoms with Crippen LogP contribution < -0.4 is 0 Å². The largest absolute Gasteiger partial charge is 0.279 e. The number of hydrogen-bond donors (Lipinski definition) is 1. The van der Waals surface area contributed by atoms with Crippen molar-refractivity contribution in [2.75, 3.05) is 0 Å². The van der Waals surface area contributed by atoms with Gasteiger partial charge in [-0.3, -0.25) is 5.10 Å². The third kappa shape index (κ3) is 2.04. The lowest BCUT2D eigenvalue weighted by Gasteiger charge is -2.26.